The highest BCUT2D eigenvalue weighted by atomic mass is 32.2. The van der Waals surface area contributed by atoms with Crippen LogP contribution >= 0.6 is 34.9 Å². The number of rotatable bonds is 7. The topological polar surface area (TPSA) is 156 Å². The lowest BCUT2D eigenvalue weighted by molar-refractivity contribution is -0.150. The molecular formula is C18H16N4O6S3. The molecule has 10 nitrogen and oxygen atoms in total. The van der Waals surface area contributed by atoms with Crippen LogP contribution in [-0.4, -0.2) is 60.8 Å². The second kappa shape index (κ2) is 8.77. The Balaban J connectivity index is 1.42. The monoisotopic (exact) mass is 480 g/mol. The number of thioether (sulfide) groups is 2. The maximum Gasteiger partial charge on any atom is 0.352 e. The van der Waals surface area contributed by atoms with Crippen LogP contribution in [0, 0.1) is 0 Å². The number of β-lactam (4-membered cyclic amide) rings is 1. The highest BCUT2D eigenvalue weighted by Gasteiger charge is 2.54. The largest absolute Gasteiger partial charge is 0.477 e. The van der Waals surface area contributed by atoms with E-state index in [0.29, 0.717) is 22.2 Å². The average molecular weight is 481 g/mol. The van der Waals surface area contributed by atoms with Crippen molar-refractivity contribution in [1.29, 1.82) is 0 Å². The Hall–Kier alpha value is -2.77. The Morgan fingerprint density at radius 2 is 2.23 bits per heavy atom. The third kappa shape index (κ3) is 4.34. The zero-order chi connectivity index (χ0) is 22.1. The van der Waals surface area contributed by atoms with Crippen molar-refractivity contribution >= 4 is 62.9 Å². The van der Waals surface area contributed by atoms with Crippen LogP contribution in [0.4, 0.5) is 5.13 Å². The highest BCUT2D eigenvalue weighted by Crippen LogP contribution is 2.41. The molecule has 2 amide bonds. The van der Waals surface area contributed by atoms with E-state index in [-0.39, 0.29) is 28.7 Å². The molecule has 2 aromatic rings. The first-order valence-corrected chi connectivity index (χ1v) is 11.9. The van der Waals surface area contributed by atoms with E-state index in [1.54, 1.807) is 11.4 Å². The SMILES string of the molecule is Nc1nc(CC(=O)NC2C(=O)N3C(C(=O)O)=C(CSC(=O)c4ccco4)CS[C@H]23)cs1. The molecule has 0 aromatic carbocycles. The number of carboxylic acids is 1. The summed E-state index contributed by atoms with van der Waals surface area (Å²) in [6.07, 6.45) is 1.36. The van der Waals surface area contributed by atoms with Gasteiger partial charge in [0.1, 0.15) is 17.1 Å². The van der Waals surface area contributed by atoms with E-state index in [1.807, 2.05) is 0 Å². The molecule has 31 heavy (non-hydrogen) atoms. The summed E-state index contributed by atoms with van der Waals surface area (Å²) in [5, 5.41) is 13.5. The minimum atomic E-state index is -1.25. The van der Waals surface area contributed by atoms with Gasteiger partial charge in [0.25, 0.3) is 11.0 Å². The van der Waals surface area contributed by atoms with Crippen LogP contribution in [0.2, 0.25) is 0 Å². The summed E-state index contributed by atoms with van der Waals surface area (Å²) in [5.41, 5.74) is 6.39. The van der Waals surface area contributed by atoms with Gasteiger partial charge in [-0.1, -0.05) is 11.8 Å². The summed E-state index contributed by atoms with van der Waals surface area (Å²) < 4.78 is 5.05. The quantitative estimate of drug-likeness (QED) is 0.492. The fourth-order valence-corrected chi connectivity index (χ4v) is 6.05. The lowest BCUT2D eigenvalue weighted by Crippen LogP contribution is -2.70. The molecule has 4 heterocycles. The molecular weight excluding hydrogens is 464 g/mol. The number of nitrogens with two attached hydrogens (primary N) is 1. The van der Waals surface area contributed by atoms with Gasteiger partial charge in [-0.2, -0.15) is 0 Å². The number of hydrogen-bond donors (Lipinski definition) is 3. The van der Waals surface area contributed by atoms with Crippen LogP contribution < -0.4 is 11.1 Å². The Labute approximate surface area is 188 Å². The molecule has 4 N–H and O–H groups in total. The van der Waals surface area contributed by atoms with Crippen LogP contribution in [0.3, 0.4) is 0 Å². The van der Waals surface area contributed by atoms with E-state index >= 15 is 0 Å². The minimum absolute atomic E-state index is 0.0206. The van der Waals surface area contributed by atoms with Crippen LogP contribution in [-0.2, 0) is 20.8 Å². The number of nitrogens with one attached hydrogen (secondary N) is 1. The van der Waals surface area contributed by atoms with Gasteiger partial charge in [-0.15, -0.1) is 23.1 Å². The van der Waals surface area contributed by atoms with Crippen molar-refractivity contribution in [2.24, 2.45) is 0 Å². The van der Waals surface area contributed by atoms with Crippen LogP contribution in [0.15, 0.2) is 39.5 Å². The number of fused-ring (bicyclic) bond motifs is 1. The van der Waals surface area contributed by atoms with Crippen LogP contribution in [0.5, 0.6) is 0 Å². The number of nitrogen functional groups attached to an aromatic ring is 1. The minimum Gasteiger partial charge on any atom is -0.477 e. The third-order valence-corrected chi connectivity index (χ3v) is 7.60. The fourth-order valence-electron chi connectivity index (χ4n) is 3.21. The molecule has 4 rings (SSSR count). The molecule has 0 saturated carbocycles. The molecule has 2 aliphatic heterocycles. The normalized spacial score (nSPS) is 20.3. The number of nitrogens with zero attached hydrogens (tertiary/aromatic N) is 2. The van der Waals surface area contributed by atoms with Crippen molar-refractivity contribution in [3.05, 3.63) is 46.5 Å². The number of thiazole rings is 1. The summed E-state index contributed by atoms with van der Waals surface area (Å²) in [6.45, 7) is 0. The molecule has 1 unspecified atom stereocenters. The third-order valence-electron chi connectivity index (χ3n) is 4.58. The van der Waals surface area contributed by atoms with Gasteiger partial charge in [0.15, 0.2) is 10.9 Å². The zero-order valence-corrected chi connectivity index (χ0v) is 18.2. The van der Waals surface area contributed by atoms with E-state index in [2.05, 4.69) is 10.3 Å². The molecule has 0 radical (unpaired) electrons. The molecule has 2 atom stereocenters. The van der Waals surface area contributed by atoms with Gasteiger partial charge < -0.3 is 20.6 Å². The van der Waals surface area contributed by atoms with Crippen LogP contribution in [0.1, 0.15) is 16.2 Å². The van der Waals surface area contributed by atoms with E-state index in [1.165, 1.54) is 40.3 Å². The lowest BCUT2D eigenvalue weighted by Gasteiger charge is -2.49. The zero-order valence-electron chi connectivity index (χ0n) is 15.8. The Bertz CT molecular complexity index is 1080. The summed E-state index contributed by atoms with van der Waals surface area (Å²) in [6, 6.07) is 2.30. The summed E-state index contributed by atoms with van der Waals surface area (Å²) in [7, 11) is 0. The second-order valence-corrected chi connectivity index (χ2v) is 9.56. The van der Waals surface area contributed by atoms with Gasteiger partial charge in [-0.25, -0.2) is 9.78 Å². The molecule has 1 saturated heterocycles. The number of aromatic nitrogens is 1. The molecule has 0 aliphatic carbocycles. The van der Waals surface area contributed by atoms with E-state index < -0.39 is 29.2 Å². The second-order valence-electron chi connectivity index (χ2n) is 6.62. The Kier molecular flexibility index (Phi) is 6.07. The number of furan rings is 1. The molecule has 0 spiro atoms. The van der Waals surface area contributed by atoms with Gasteiger partial charge in [0.2, 0.25) is 5.91 Å². The standard InChI is InChI=1S/C18H16N4O6S3/c19-18-20-9(7-31-18)4-11(23)21-12-14(24)22-13(16(25)26)8(5-29-15(12)22)6-30-17(27)10-2-1-3-28-10/h1-3,7,12,15H,4-6H2,(H2,19,20)(H,21,23)(H,25,26)/t12?,15-/m1/s1. The van der Waals surface area contributed by atoms with Crippen molar-refractivity contribution < 1.29 is 28.7 Å². The van der Waals surface area contributed by atoms with Crippen LogP contribution in [0.25, 0.3) is 0 Å². The lowest BCUT2D eigenvalue weighted by atomic mass is 10.0. The van der Waals surface area contributed by atoms with E-state index in [4.69, 9.17) is 10.2 Å². The predicted octanol–water partition coefficient (Wildman–Crippen LogP) is 1.17. The van der Waals surface area contributed by atoms with Gasteiger partial charge in [0, 0.05) is 16.9 Å². The molecule has 2 aromatic heterocycles. The average Bonchev–Trinajstić information content (AvgIpc) is 3.41. The maximum absolute atomic E-state index is 12.7. The smallest absolute Gasteiger partial charge is 0.352 e. The highest BCUT2D eigenvalue weighted by molar-refractivity contribution is 8.14. The first-order chi connectivity index (χ1) is 14.8. The molecule has 1 fully saturated rings. The fraction of sp³-hybridized carbons (Fsp3) is 0.278. The van der Waals surface area contributed by atoms with Gasteiger partial charge in [-0.3, -0.25) is 19.3 Å². The predicted molar refractivity (Wildman–Crippen MR) is 115 cm³/mol. The summed E-state index contributed by atoms with van der Waals surface area (Å²) in [4.78, 5) is 54.1. The van der Waals surface area contributed by atoms with Crippen molar-refractivity contribution in [1.82, 2.24) is 15.2 Å². The van der Waals surface area contributed by atoms with Crippen molar-refractivity contribution in [3.63, 3.8) is 0 Å². The number of carbonyl (C=O) groups is 4. The van der Waals surface area contributed by atoms with E-state index in [9.17, 15) is 24.3 Å². The molecule has 162 valence electrons. The van der Waals surface area contributed by atoms with Gasteiger partial charge in [-0.05, 0) is 17.7 Å². The molecule has 0 bridgehead atoms. The molecule has 2 aliphatic rings. The van der Waals surface area contributed by atoms with E-state index in [0.717, 1.165) is 11.8 Å². The number of hydrogen-bond acceptors (Lipinski definition) is 10. The summed E-state index contributed by atoms with van der Waals surface area (Å²) in [5.74, 6) is -1.53. The number of carboxylic acid groups (broad SMARTS) is 1. The van der Waals surface area contributed by atoms with Crippen molar-refractivity contribution in [2.75, 3.05) is 17.2 Å². The first kappa shape index (κ1) is 21.5. The summed E-state index contributed by atoms with van der Waals surface area (Å²) >= 11 is 3.47. The van der Waals surface area contributed by atoms with Gasteiger partial charge >= 0.3 is 5.97 Å². The van der Waals surface area contributed by atoms with Crippen molar-refractivity contribution in [3.8, 4) is 0 Å². The van der Waals surface area contributed by atoms with Crippen molar-refractivity contribution in [2.45, 2.75) is 17.8 Å². The Morgan fingerprint density at radius 3 is 2.87 bits per heavy atom. The number of aliphatic carboxylic acids is 1. The van der Waals surface area contributed by atoms with Gasteiger partial charge in [0.05, 0.1) is 18.4 Å². The number of anilines is 1. The number of carbonyl (C=O) groups excluding carboxylic acids is 3. The Morgan fingerprint density at radius 1 is 1.42 bits per heavy atom. The number of amides is 2. The maximum atomic E-state index is 12.7. The molecule has 13 heteroatoms. The first-order valence-electron chi connectivity index (χ1n) is 8.95.